The molecule has 4 amide bonds. The molecule has 9 heterocycles. The molecule has 27 N–H and O–H groups in total. The summed E-state index contributed by atoms with van der Waals surface area (Å²) in [5.74, 6) is -3.73. The second-order valence-corrected chi connectivity index (χ2v) is 33.1. The summed E-state index contributed by atoms with van der Waals surface area (Å²) in [6, 6.07) is -7.68. The van der Waals surface area contributed by atoms with Crippen LogP contribution in [0, 0.1) is 0 Å². The number of ether oxygens (including phenoxy) is 17. The van der Waals surface area contributed by atoms with Gasteiger partial charge in [-0.15, -0.1) is 0 Å². The lowest BCUT2D eigenvalue weighted by molar-refractivity contribution is -0.870. The maximum Gasteiger partial charge on any atom is 0.472 e. The van der Waals surface area contributed by atoms with Gasteiger partial charge in [0, 0.05) is 27.7 Å². The molecule has 0 aromatic heterocycles. The fraction of sp³-hybridized carbons (Fsp3) is 0.940. The van der Waals surface area contributed by atoms with Crippen LogP contribution in [0.3, 0.4) is 0 Å². The molecule has 9 saturated heterocycles. The number of aliphatic hydroxyl groups is 22. The van der Waals surface area contributed by atoms with Gasteiger partial charge in [-0.3, -0.25) is 28.2 Å². The lowest BCUT2D eigenvalue weighted by Gasteiger charge is -2.52. The van der Waals surface area contributed by atoms with Gasteiger partial charge in [0.2, 0.25) is 23.6 Å². The lowest BCUT2D eigenvalue weighted by atomic mass is 9.93. The van der Waals surface area contributed by atoms with E-state index in [0.29, 0.717) is 0 Å². The third-order valence-electron chi connectivity index (χ3n) is 21.5. The van der Waals surface area contributed by atoms with Crippen LogP contribution in [0.25, 0.3) is 0 Å². The number of hydrogen-bond donors (Lipinski definition) is 27. The molecular formula is C67H117N5O47P+. The standard InChI is InChI=1S/C67H116N5O47P/c1-19-36(81)45(90)49(94)63(105-19)102-17-31-54(43(88)32(59(98)107-31)68-21(3)77)114-61-34(70-23(5)79)44(89)53(27(14-75)110-61)115-66-52(97)57(41(86)29(113-66)16-101-64-50(95)47(92)38(83)25(12-73)108-64)118-67-58(48(93)39(84)26(13-74)109-67)119-62-35(71-24(6)80)56(117-65-51(96)46(91)37(82)20(2)106-65)55(28(15-76)111-62)116-60-33(69-22(4)78)42(87)40(85)30(112-60)18-104-120(99,100)103-11-10-72(7,8)9/h19-20,25-67,73-76,81-98H,10-18H2,1-9H3,(H4-,68,69,70,71,77,78,79,80,99,100)/p+1/t19-,20-,25+,26+,27+,28+,29+,30+,31+,32+,33+,34+,35+,36+,37+,38+,39+,40-,41+,42+,43+,44+,45+,46+,47-,48-,49-,50-,51-,52-,53+,54+,55+,56+,57-,58-,59+,60-,61-,62-,63+,64-,65-,66-,67+/m0/s1. The van der Waals surface area contributed by atoms with Crippen molar-refractivity contribution in [2.75, 3.05) is 80.5 Å². The molecule has 1 unspecified atom stereocenters. The number of rotatable bonds is 33. The van der Waals surface area contributed by atoms with Gasteiger partial charge in [-0.25, -0.2) is 4.57 Å². The van der Waals surface area contributed by atoms with Gasteiger partial charge in [0.1, 0.15) is 220 Å². The Bertz CT molecular complexity index is 3300. The molecule has 9 rings (SSSR count). The van der Waals surface area contributed by atoms with E-state index in [1.165, 1.54) is 13.8 Å². The van der Waals surface area contributed by atoms with E-state index >= 15 is 0 Å². The quantitative estimate of drug-likeness (QED) is 0.0214. The zero-order valence-corrected chi connectivity index (χ0v) is 67.2. The minimum absolute atomic E-state index is 0.194. The number of quaternary nitrogens is 1. The van der Waals surface area contributed by atoms with Crippen LogP contribution in [0.2, 0.25) is 0 Å². The number of phosphoric acid groups is 1. The van der Waals surface area contributed by atoms with Crippen molar-refractivity contribution >= 4 is 31.5 Å². The largest absolute Gasteiger partial charge is 0.472 e. The molecule has 0 bridgehead atoms. The highest BCUT2D eigenvalue weighted by Gasteiger charge is 2.61. The fourth-order valence-electron chi connectivity index (χ4n) is 14.9. The van der Waals surface area contributed by atoms with E-state index < -0.39 is 354 Å². The van der Waals surface area contributed by atoms with Crippen molar-refractivity contribution in [2.24, 2.45) is 0 Å². The number of carbonyl (C=O) groups excluding carboxylic acids is 4. The van der Waals surface area contributed by atoms with E-state index in [1.807, 2.05) is 0 Å². The monoisotopic (exact) mass is 1770 g/mol. The highest BCUT2D eigenvalue weighted by Crippen LogP contribution is 2.45. The minimum Gasteiger partial charge on any atom is -0.394 e. The first-order chi connectivity index (χ1) is 56.2. The Hall–Kier alpha value is -3.61. The van der Waals surface area contributed by atoms with E-state index in [4.69, 9.17) is 89.6 Å². The topological polar surface area (TPSA) is 774 Å². The normalized spacial score (nSPS) is 47.1. The first-order valence-electron chi connectivity index (χ1n) is 38.5. The van der Waals surface area contributed by atoms with Gasteiger partial charge in [0.05, 0.1) is 79.6 Å². The smallest absolute Gasteiger partial charge is 0.394 e. The number of carbonyl (C=O) groups is 4. The Kier molecular flexibility index (Phi) is 35.9. The van der Waals surface area contributed by atoms with Gasteiger partial charge in [-0.2, -0.15) is 0 Å². The highest BCUT2D eigenvalue weighted by molar-refractivity contribution is 7.47. The van der Waals surface area contributed by atoms with E-state index in [2.05, 4.69) is 21.3 Å². The SMILES string of the molecule is CC(=O)N[C@@H]1[C@@H](O)[C@H](O[C@@H]2O[C@H](CO)[C@@H](O[C@@H]3O[C@H](CO[C@H]4O[C@H](CO)[C@@H](O)[C@H](O)[C@@H]4O)[C@@H](O)[C@H](O[C@H]4O[C@H](CO)[C@@H](O)[C@H](O)[C@@H]4O[C@@H]4O[C@H](CO)[C@@H](O[C@@H]5O[C@H](COP(=O)(O)OCC[N+](C)(C)C)[C@H](O)[C@H](O)[C@H]5NC(C)=O)[C@H](O[C@@H]5O[C@@H](C)[C@@H](O)[C@@H](O)[C@@H]5O)[C@H]4NC(C)=O)[C@@H]3O)[C@H](O)[C@H]2NC(C)=O)[C@@H](CO[C@@H]2O[C@@H](C)[C@@H](O)[C@@H](O)[C@@H]2O)O[C@H]1O. The van der Waals surface area contributed by atoms with Crippen LogP contribution < -0.4 is 21.3 Å². The van der Waals surface area contributed by atoms with Crippen molar-refractivity contribution in [1.82, 2.24) is 21.3 Å². The highest BCUT2D eigenvalue weighted by atomic mass is 31.2. The Morgan fingerprint density at radius 1 is 0.317 bits per heavy atom. The lowest BCUT2D eigenvalue weighted by Crippen LogP contribution is -2.72. The summed E-state index contributed by atoms with van der Waals surface area (Å²) in [5.41, 5.74) is 0. The molecule has 0 aromatic rings. The molecule has 696 valence electrons. The zero-order chi connectivity index (χ0) is 88.9. The third kappa shape index (κ3) is 23.8. The average Bonchev–Trinajstić information content (AvgIpc) is 0.756. The van der Waals surface area contributed by atoms with Crippen LogP contribution in [0.1, 0.15) is 41.5 Å². The second-order valence-electron chi connectivity index (χ2n) is 31.6. The summed E-state index contributed by atoms with van der Waals surface area (Å²) in [6.07, 6.45) is -84.4. The van der Waals surface area contributed by atoms with Crippen molar-refractivity contribution in [3.05, 3.63) is 0 Å². The number of likely N-dealkylation sites (N-methyl/N-ethyl adjacent to an activating group) is 1. The predicted octanol–water partition coefficient (Wildman–Crippen LogP) is -17.1. The molecule has 52 nitrogen and oxygen atoms in total. The van der Waals surface area contributed by atoms with Crippen LogP contribution in [0.5, 0.6) is 0 Å². The van der Waals surface area contributed by atoms with Crippen LogP contribution >= 0.6 is 7.82 Å². The summed E-state index contributed by atoms with van der Waals surface area (Å²) in [5, 5.41) is 258. The molecule has 0 saturated carbocycles. The molecule has 0 aromatic carbocycles. The molecule has 0 spiro atoms. The Labute approximate surface area is 684 Å². The molecule has 0 radical (unpaired) electrons. The first kappa shape index (κ1) is 100. The predicted molar refractivity (Wildman–Crippen MR) is 378 cm³/mol. The van der Waals surface area contributed by atoms with Gasteiger partial charge >= 0.3 is 7.82 Å². The van der Waals surface area contributed by atoms with Crippen molar-refractivity contribution in [1.29, 1.82) is 0 Å². The molecule has 9 aliphatic rings. The maximum absolute atomic E-state index is 13.7. The van der Waals surface area contributed by atoms with E-state index in [-0.39, 0.29) is 17.6 Å². The Morgan fingerprint density at radius 2 is 0.675 bits per heavy atom. The number of phosphoric ester groups is 1. The minimum atomic E-state index is -5.00. The molecule has 0 aliphatic carbocycles. The summed E-state index contributed by atoms with van der Waals surface area (Å²) in [7, 11) is 0.260. The van der Waals surface area contributed by atoms with E-state index in [0.717, 1.165) is 27.7 Å². The number of hydrogen-bond acceptors (Lipinski definition) is 46. The van der Waals surface area contributed by atoms with E-state index in [9.17, 15) is 141 Å². The van der Waals surface area contributed by atoms with Crippen molar-refractivity contribution in [3.8, 4) is 0 Å². The first-order valence-corrected chi connectivity index (χ1v) is 40.0. The second kappa shape index (κ2) is 43.0. The maximum atomic E-state index is 13.7. The third-order valence-corrected chi connectivity index (χ3v) is 22.5. The number of amides is 4. The number of nitrogens with one attached hydrogen (secondary N) is 4. The van der Waals surface area contributed by atoms with Crippen molar-refractivity contribution < 1.29 is 235 Å². The van der Waals surface area contributed by atoms with Gasteiger partial charge < -0.3 is 224 Å². The molecule has 46 atom stereocenters. The molecule has 9 aliphatic heterocycles. The van der Waals surface area contributed by atoms with Crippen LogP contribution in [-0.4, -0.2) is 502 Å². The van der Waals surface area contributed by atoms with Crippen LogP contribution in [-0.2, 0) is 113 Å². The fourth-order valence-corrected chi connectivity index (χ4v) is 15.6. The van der Waals surface area contributed by atoms with E-state index in [1.54, 1.807) is 21.1 Å². The van der Waals surface area contributed by atoms with Crippen LogP contribution in [0.4, 0.5) is 0 Å². The number of nitrogens with zero attached hydrogens (tertiary/aromatic N) is 1. The molecule has 120 heavy (non-hydrogen) atoms. The Morgan fingerprint density at radius 3 is 1.22 bits per heavy atom. The van der Waals surface area contributed by atoms with Crippen LogP contribution in [0.15, 0.2) is 0 Å². The van der Waals surface area contributed by atoms with Crippen molar-refractivity contribution in [3.63, 3.8) is 0 Å². The summed E-state index contributed by atoms with van der Waals surface area (Å²) < 4.78 is 126. The molecule has 9 fully saturated rings. The van der Waals surface area contributed by atoms with Gasteiger partial charge in [0.15, 0.2) is 56.6 Å². The van der Waals surface area contributed by atoms with Crippen molar-refractivity contribution in [2.45, 2.75) is 318 Å². The van der Waals surface area contributed by atoms with Gasteiger partial charge in [-0.05, 0) is 13.8 Å². The summed E-state index contributed by atoms with van der Waals surface area (Å²) in [4.78, 5) is 62.8. The zero-order valence-electron chi connectivity index (χ0n) is 66.3. The molecule has 53 heteroatoms. The molecular weight excluding hydrogens is 1660 g/mol. The summed E-state index contributed by atoms with van der Waals surface area (Å²) in [6.45, 7) is -1.43. The summed E-state index contributed by atoms with van der Waals surface area (Å²) >= 11 is 0. The average molecular weight is 1780 g/mol. The Balaban J connectivity index is 1.06. The van der Waals surface area contributed by atoms with Gasteiger partial charge in [0.25, 0.3) is 0 Å². The van der Waals surface area contributed by atoms with Gasteiger partial charge in [-0.1, -0.05) is 0 Å². The number of aliphatic hydroxyl groups excluding tert-OH is 22.